The van der Waals surface area contributed by atoms with Gasteiger partial charge < -0.3 is 5.73 Å². The predicted octanol–water partition coefficient (Wildman–Crippen LogP) is 3.60. The summed E-state index contributed by atoms with van der Waals surface area (Å²) >= 11 is 6.63. The molecule has 0 atom stereocenters. The number of anilines is 1. The molecule has 20 heavy (non-hydrogen) atoms. The Hall–Kier alpha value is -0.110. The molecule has 1 saturated heterocycles. The molecule has 1 aromatic rings. The van der Waals surface area contributed by atoms with Crippen LogP contribution in [-0.2, 0) is 10.0 Å². The summed E-state index contributed by atoms with van der Waals surface area (Å²) in [6.45, 7) is 5.30. The summed E-state index contributed by atoms with van der Waals surface area (Å²) < 4.78 is 28.3. The van der Waals surface area contributed by atoms with Crippen molar-refractivity contribution in [3.63, 3.8) is 0 Å². The molecular weight excluding hydrogens is 408 g/mol. The summed E-state index contributed by atoms with van der Waals surface area (Å²) in [7, 11) is -3.53. The summed E-state index contributed by atoms with van der Waals surface area (Å²) in [4.78, 5) is 0.254. The number of sulfonamides is 1. The summed E-state index contributed by atoms with van der Waals surface area (Å²) in [5, 5.41) is 0. The van der Waals surface area contributed by atoms with Crippen LogP contribution < -0.4 is 5.73 Å². The molecule has 0 saturated carbocycles. The third kappa shape index (κ3) is 3.21. The molecule has 2 N–H and O–H groups in total. The first-order valence-electron chi connectivity index (χ1n) is 6.38. The first-order valence-corrected chi connectivity index (χ1v) is 9.41. The monoisotopic (exact) mass is 424 g/mol. The maximum absolute atomic E-state index is 12.9. The van der Waals surface area contributed by atoms with Crippen molar-refractivity contribution in [2.45, 2.75) is 31.6 Å². The lowest BCUT2D eigenvalue weighted by atomic mass is 9.85. The molecule has 1 aromatic carbocycles. The van der Waals surface area contributed by atoms with E-state index in [2.05, 4.69) is 45.7 Å². The van der Waals surface area contributed by atoms with Gasteiger partial charge in [0.2, 0.25) is 10.0 Å². The van der Waals surface area contributed by atoms with Gasteiger partial charge in [-0.25, -0.2) is 8.42 Å². The highest BCUT2D eigenvalue weighted by atomic mass is 79.9. The van der Waals surface area contributed by atoms with E-state index in [1.165, 1.54) is 0 Å². The highest BCUT2D eigenvalue weighted by Crippen LogP contribution is 2.37. The third-order valence-corrected chi connectivity index (χ3v) is 7.21. The predicted molar refractivity (Wildman–Crippen MR) is 88.0 cm³/mol. The summed E-state index contributed by atoms with van der Waals surface area (Å²) in [5.41, 5.74) is 6.25. The zero-order valence-corrected chi connectivity index (χ0v) is 15.5. The Morgan fingerprint density at radius 2 is 1.80 bits per heavy atom. The second-order valence-electron chi connectivity index (χ2n) is 5.92. The van der Waals surface area contributed by atoms with Crippen molar-refractivity contribution >= 4 is 47.6 Å². The van der Waals surface area contributed by atoms with Crippen LogP contribution in [0.1, 0.15) is 26.7 Å². The molecule has 1 heterocycles. The first kappa shape index (κ1) is 16.3. The van der Waals surface area contributed by atoms with E-state index in [-0.39, 0.29) is 10.3 Å². The molecule has 0 aromatic heterocycles. The van der Waals surface area contributed by atoms with E-state index in [4.69, 9.17) is 5.73 Å². The van der Waals surface area contributed by atoms with Crippen LogP contribution in [0.2, 0.25) is 0 Å². The van der Waals surface area contributed by atoms with Crippen LogP contribution in [0.15, 0.2) is 26.0 Å². The van der Waals surface area contributed by atoms with Crippen LogP contribution in [0.3, 0.4) is 0 Å². The van der Waals surface area contributed by atoms with E-state index in [0.29, 0.717) is 27.7 Å². The SMILES string of the molecule is CC1(C)CCCN(S(=O)(=O)c2c(Br)cc(N)cc2Br)C1. The Morgan fingerprint density at radius 3 is 2.30 bits per heavy atom. The number of nitrogens with two attached hydrogens (primary N) is 1. The van der Waals surface area contributed by atoms with E-state index in [1.807, 2.05) is 0 Å². The fraction of sp³-hybridized carbons (Fsp3) is 0.538. The summed E-state index contributed by atoms with van der Waals surface area (Å²) in [5.74, 6) is 0. The Bertz CT molecular complexity index is 606. The van der Waals surface area contributed by atoms with Crippen molar-refractivity contribution in [3.05, 3.63) is 21.1 Å². The van der Waals surface area contributed by atoms with E-state index >= 15 is 0 Å². The minimum atomic E-state index is -3.53. The van der Waals surface area contributed by atoms with Crippen molar-refractivity contribution in [1.29, 1.82) is 0 Å². The molecule has 0 spiro atoms. The highest BCUT2D eigenvalue weighted by Gasteiger charge is 2.36. The van der Waals surface area contributed by atoms with Gasteiger partial charge in [-0.05, 0) is 62.2 Å². The lowest BCUT2D eigenvalue weighted by molar-refractivity contribution is 0.187. The third-order valence-electron chi connectivity index (χ3n) is 3.48. The van der Waals surface area contributed by atoms with Crippen LogP contribution in [0.5, 0.6) is 0 Å². The van der Waals surface area contributed by atoms with Crippen molar-refractivity contribution in [3.8, 4) is 0 Å². The molecule has 0 aliphatic carbocycles. The zero-order valence-electron chi connectivity index (χ0n) is 11.5. The topological polar surface area (TPSA) is 63.4 Å². The number of rotatable bonds is 2. The molecule has 1 aliphatic rings. The second kappa shape index (κ2) is 5.59. The summed E-state index contributed by atoms with van der Waals surface area (Å²) in [6, 6.07) is 3.24. The number of piperidine rings is 1. The normalized spacial score (nSPS) is 20.0. The smallest absolute Gasteiger partial charge is 0.245 e. The van der Waals surface area contributed by atoms with Crippen molar-refractivity contribution < 1.29 is 8.42 Å². The van der Waals surface area contributed by atoms with Gasteiger partial charge in [0.25, 0.3) is 0 Å². The average molecular weight is 426 g/mol. The maximum atomic E-state index is 12.9. The molecule has 0 unspecified atom stereocenters. The first-order chi connectivity index (χ1) is 9.13. The molecule has 0 amide bonds. The van der Waals surface area contributed by atoms with Crippen molar-refractivity contribution in [2.24, 2.45) is 5.41 Å². The van der Waals surface area contributed by atoms with E-state index in [0.717, 1.165) is 12.8 Å². The van der Waals surface area contributed by atoms with Gasteiger partial charge >= 0.3 is 0 Å². The fourth-order valence-corrected chi connectivity index (χ4v) is 6.74. The molecule has 7 heteroatoms. The molecule has 2 rings (SSSR count). The van der Waals surface area contributed by atoms with Crippen LogP contribution in [0, 0.1) is 5.41 Å². The molecule has 1 aliphatic heterocycles. The van der Waals surface area contributed by atoms with Crippen LogP contribution in [-0.4, -0.2) is 25.8 Å². The van der Waals surface area contributed by atoms with Crippen LogP contribution in [0.4, 0.5) is 5.69 Å². The molecule has 0 radical (unpaired) electrons. The Balaban J connectivity index is 2.46. The molecule has 112 valence electrons. The second-order valence-corrected chi connectivity index (χ2v) is 9.50. The largest absolute Gasteiger partial charge is 0.399 e. The zero-order chi connectivity index (χ0) is 15.1. The van der Waals surface area contributed by atoms with Gasteiger partial charge in [-0.1, -0.05) is 13.8 Å². The van der Waals surface area contributed by atoms with Crippen molar-refractivity contribution in [2.75, 3.05) is 18.8 Å². The minimum Gasteiger partial charge on any atom is -0.399 e. The van der Waals surface area contributed by atoms with Crippen molar-refractivity contribution in [1.82, 2.24) is 4.31 Å². The Morgan fingerprint density at radius 1 is 1.25 bits per heavy atom. The standard InChI is InChI=1S/C13H18Br2N2O2S/c1-13(2)4-3-5-17(8-13)20(18,19)12-10(14)6-9(16)7-11(12)15/h6-7H,3-5,8,16H2,1-2H3. The van der Waals surface area contributed by atoms with Crippen LogP contribution >= 0.6 is 31.9 Å². The van der Waals surface area contributed by atoms with Gasteiger partial charge in [0.15, 0.2) is 0 Å². The van der Waals surface area contributed by atoms with E-state index in [9.17, 15) is 8.42 Å². The van der Waals surface area contributed by atoms with Gasteiger partial charge in [-0.15, -0.1) is 0 Å². The Kier molecular flexibility index (Phi) is 4.54. The van der Waals surface area contributed by atoms with Gasteiger partial charge in [-0.2, -0.15) is 4.31 Å². The number of hydrogen-bond donors (Lipinski definition) is 1. The minimum absolute atomic E-state index is 0.0120. The van der Waals surface area contributed by atoms with E-state index in [1.54, 1.807) is 16.4 Å². The molecule has 0 bridgehead atoms. The fourth-order valence-electron chi connectivity index (χ4n) is 2.53. The quantitative estimate of drug-likeness (QED) is 0.736. The number of halogens is 2. The van der Waals surface area contributed by atoms with E-state index < -0.39 is 10.0 Å². The van der Waals surface area contributed by atoms with Gasteiger partial charge in [0.1, 0.15) is 4.90 Å². The molecule has 1 fully saturated rings. The molecular formula is C13H18Br2N2O2S. The highest BCUT2D eigenvalue weighted by molar-refractivity contribution is 9.11. The number of hydrogen-bond acceptors (Lipinski definition) is 3. The Labute approximate surface area is 137 Å². The van der Waals surface area contributed by atoms with Crippen LogP contribution in [0.25, 0.3) is 0 Å². The molecule has 4 nitrogen and oxygen atoms in total. The maximum Gasteiger partial charge on any atom is 0.245 e. The number of nitrogens with zero attached hydrogens (tertiary/aromatic N) is 1. The van der Waals surface area contributed by atoms with Gasteiger partial charge in [0, 0.05) is 27.7 Å². The number of benzene rings is 1. The lowest BCUT2D eigenvalue weighted by Gasteiger charge is -2.37. The number of nitrogen functional groups attached to an aromatic ring is 1. The summed E-state index contributed by atoms with van der Waals surface area (Å²) in [6.07, 6.45) is 1.93. The lowest BCUT2D eigenvalue weighted by Crippen LogP contribution is -2.43. The van der Waals surface area contributed by atoms with Gasteiger partial charge in [0.05, 0.1) is 0 Å². The van der Waals surface area contributed by atoms with Gasteiger partial charge in [-0.3, -0.25) is 0 Å². The average Bonchev–Trinajstić information content (AvgIpc) is 2.25.